The Labute approximate surface area is 144 Å². The Morgan fingerprint density at radius 2 is 1.71 bits per heavy atom. The third kappa shape index (κ3) is 5.41. The van der Waals surface area contributed by atoms with E-state index in [9.17, 15) is 4.79 Å². The van der Waals surface area contributed by atoms with Gasteiger partial charge in [0.05, 0.1) is 6.61 Å². The van der Waals surface area contributed by atoms with E-state index < -0.39 is 0 Å². The molecule has 0 fully saturated rings. The van der Waals surface area contributed by atoms with Gasteiger partial charge in [-0.25, -0.2) is 4.79 Å². The number of carbonyl (C=O) groups excluding carboxylic acids is 1. The largest absolute Gasteiger partial charge is 0.488 e. The molecule has 0 heterocycles. The van der Waals surface area contributed by atoms with Crippen LogP contribution in [0, 0.1) is 6.92 Å². The van der Waals surface area contributed by atoms with Crippen LogP contribution in [0.15, 0.2) is 48.5 Å². The van der Waals surface area contributed by atoms with Crippen LogP contribution in [0.5, 0.6) is 5.75 Å². The first-order valence-corrected chi connectivity index (χ1v) is 8.66. The molecule has 0 aliphatic rings. The van der Waals surface area contributed by atoms with Crippen molar-refractivity contribution in [1.29, 1.82) is 0 Å². The number of unbranched alkanes of at least 4 members (excludes halogenated alkanes) is 3. The molecular formula is C21H26O3. The summed E-state index contributed by atoms with van der Waals surface area (Å²) >= 11 is 0. The summed E-state index contributed by atoms with van der Waals surface area (Å²) in [4.78, 5) is 12.3. The lowest BCUT2D eigenvalue weighted by Gasteiger charge is -2.12. The fourth-order valence-electron chi connectivity index (χ4n) is 2.46. The van der Waals surface area contributed by atoms with Crippen molar-refractivity contribution in [3.05, 3.63) is 65.2 Å². The van der Waals surface area contributed by atoms with Crippen molar-refractivity contribution >= 4 is 5.97 Å². The number of ether oxygens (including phenoxy) is 2. The molecule has 0 saturated carbocycles. The van der Waals surface area contributed by atoms with Crippen LogP contribution in [0.2, 0.25) is 0 Å². The first-order valence-electron chi connectivity index (χ1n) is 8.66. The van der Waals surface area contributed by atoms with Crippen LogP contribution in [0.25, 0.3) is 0 Å². The lowest BCUT2D eigenvalue weighted by Crippen LogP contribution is -2.09. The summed E-state index contributed by atoms with van der Waals surface area (Å²) in [5.41, 5.74) is 2.77. The number of benzene rings is 2. The van der Waals surface area contributed by atoms with E-state index in [0.717, 1.165) is 18.4 Å². The van der Waals surface area contributed by atoms with Gasteiger partial charge in [0, 0.05) is 0 Å². The topological polar surface area (TPSA) is 35.5 Å². The van der Waals surface area contributed by atoms with Crippen LogP contribution in [0.1, 0.15) is 54.1 Å². The molecule has 0 amide bonds. The fraction of sp³-hybridized carbons (Fsp3) is 0.381. The highest BCUT2D eigenvalue weighted by atomic mass is 16.5. The summed E-state index contributed by atoms with van der Waals surface area (Å²) in [6, 6.07) is 15.3. The van der Waals surface area contributed by atoms with Gasteiger partial charge < -0.3 is 9.47 Å². The highest BCUT2D eigenvalue weighted by Gasteiger charge is 2.13. The molecule has 0 radical (unpaired) electrons. The van der Waals surface area contributed by atoms with Crippen LogP contribution in [0.4, 0.5) is 0 Å². The second-order valence-electron chi connectivity index (χ2n) is 5.91. The maximum Gasteiger partial charge on any atom is 0.341 e. The Balaban J connectivity index is 1.94. The predicted molar refractivity (Wildman–Crippen MR) is 96.4 cm³/mol. The smallest absolute Gasteiger partial charge is 0.341 e. The number of esters is 1. The van der Waals surface area contributed by atoms with Crippen LogP contribution >= 0.6 is 0 Å². The fourth-order valence-corrected chi connectivity index (χ4v) is 2.46. The average molecular weight is 326 g/mol. The van der Waals surface area contributed by atoms with Crippen molar-refractivity contribution in [3.63, 3.8) is 0 Å². The van der Waals surface area contributed by atoms with Gasteiger partial charge in [-0.05, 0) is 36.6 Å². The van der Waals surface area contributed by atoms with Crippen molar-refractivity contribution in [2.45, 2.75) is 46.1 Å². The number of para-hydroxylation sites is 1. The van der Waals surface area contributed by atoms with Gasteiger partial charge in [0.25, 0.3) is 0 Å². The van der Waals surface area contributed by atoms with Crippen LogP contribution in [0.3, 0.4) is 0 Å². The molecule has 2 aromatic carbocycles. The summed E-state index contributed by atoms with van der Waals surface area (Å²) in [5.74, 6) is 0.256. The van der Waals surface area contributed by atoms with Crippen molar-refractivity contribution in [1.82, 2.24) is 0 Å². The highest BCUT2D eigenvalue weighted by molar-refractivity contribution is 5.92. The van der Waals surface area contributed by atoms with Gasteiger partial charge in [-0.3, -0.25) is 0 Å². The SMILES string of the molecule is CCCCCCOC(=O)c1ccccc1OCc1ccccc1C. The third-order valence-corrected chi connectivity index (χ3v) is 3.98. The maximum atomic E-state index is 12.3. The molecule has 0 aliphatic heterocycles. The first kappa shape index (κ1) is 18.1. The minimum Gasteiger partial charge on any atom is -0.488 e. The molecule has 3 nitrogen and oxygen atoms in total. The standard InChI is InChI=1S/C21H26O3/c1-3-4-5-10-15-23-21(22)19-13-8-9-14-20(19)24-16-18-12-7-6-11-17(18)2/h6-9,11-14H,3-5,10,15-16H2,1-2H3. The highest BCUT2D eigenvalue weighted by Crippen LogP contribution is 2.21. The van der Waals surface area contributed by atoms with E-state index in [1.807, 2.05) is 36.4 Å². The second-order valence-corrected chi connectivity index (χ2v) is 5.91. The van der Waals surface area contributed by atoms with Crippen molar-refractivity contribution in [2.24, 2.45) is 0 Å². The van der Waals surface area contributed by atoms with E-state index in [4.69, 9.17) is 9.47 Å². The normalized spacial score (nSPS) is 10.4. The number of carbonyl (C=O) groups is 1. The Bertz CT molecular complexity index is 649. The average Bonchev–Trinajstić information content (AvgIpc) is 2.61. The molecule has 0 unspecified atom stereocenters. The minimum absolute atomic E-state index is 0.313. The van der Waals surface area contributed by atoms with Crippen molar-refractivity contribution < 1.29 is 14.3 Å². The van der Waals surface area contributed by atoms with E-state index in [2.05, 4.69) is 19.9 Å². The summed E-state index contributed by atoms with van der Waals surface area (Å²) in [6.45, 7) is 5.11. The zero-order valence-electron chi connectivity index (χ0n) is 14.6. The predicted octanol–water partition coefficient (Wildman–Crippen LogP) is 5.31. The molecule has 0 saturated heterocycles. The zero-order chi connectivity index (χ0) is 17.2. The third-order valence-electron chi connectivity index (χ3n) is 3.98. The number of aryl methyl sites for hydroxylation is 1. The van der Waals surface area contributed by atoms with Crippen LogP contribution in [-0.2, 0) is 11.3 Å². The quantitative estimate of drug-likeness (QED) is 0.462. The molecule has 0 atom stereocenters. The summed E-state index contributed by atoms with van der Waals surface area (Å²) in [7, 11) is 0. The van der Waals surface area contributed by atoms with E-state index in [0.29, 0.717) is 24.5 Å². The van der Waals surface area contributed by atoms with Crippen molar-refractivity contribution in [3.8, 4) is 5.75 Å². The number of rotatable bonds is 9. The van der Waals surface area contributed by atoms with Crippen LogP contribution < -0.4 is 4.74 Å². The Morgan fingerprint density at radius 1 is 0.958 bits per heavy atom. The summed E-state index contributed by atoms with van der Waals surface area (Å²) in [6.07, 6.45) is 4.35. The summed E-state index contributed by atoms with van der Waals surface area (Å²) < 4.78 is 11.2. The molecular weight excluding hydrogens is 300 g/mol. The van der Waals surface area contributed by atoms with E-state index in [1.165, 1.54) is 18.4 Å². The minimum atomic E-state index is -0.313. The van der Waals surface area contributed by atoms with Gasteiger partial charge in [-0.15, -0.1) is 0 Å². The molecule has 3 heteroatoms. The van der Waals surface area contributed by atoms with Gasteiger partial charge in [-0.2, -0.15) is 0 Å². The van der Waals surface area contributed by atoms with Gasteiger partial charge in [-0.1, -0.05) is 62.6 Å². The molecule has 0 aliphatic carbocycles. The number of hydrogen-bond acceptors (Lipinski definition) is 3. The molecule has 0 aromatic heterocycles. The molecule has 2 rings (SSSR count). The molecule has 0 spiro atoms. The van der Waals surface area contributed by atoms with Gasteiger partial charge >= 0.3 is 5.97 Å². The molecule has 24 heavy (non-hydrogen) atoms. The Kier molecular flexibility index (Phi) is 7.34. The van der Waals surface area contributed by atoms with Gasteiger partial charge in [0.2, 0.25) is 0 Å². The molecule has 128 valence electrons. The lowest BCUT2D eigenvalue weighted by atomic mass is 10.1. The molecule has 0 N–H and O–H groups in total. The second kappa shape index (κ2) is 9.76. The van der Waals surface area contributed by atoms with Crippen molar-refractivity contribution in [2.75, 3.05) is 6.61 Å². The Morgan fingerprint density at radius 3 is 2.50 bits per heavy atom. The first-order chi connectivity index (χ1) is 11.7. The van der Waals surface area contributed by atoms with Crippen LogP contribution in [-0.4, -0.2) is 12.6 Å². The summed E-state index contributed by atoms with van der Waals surface area (Å²) in [5, 5.41) is 0. The monoisotopic (exact) mass is 326 g/mol. The van der Waals surface area contributed by atoms with E-state index in [1.54, 1.807) is 6.07 Å². The maximum absolute atomic E-state index is 12.3. The van der Waals surface area contributed by atoms with E-state index >= 15 is 0 Å². The van der Waals surface area contributed by atoms with E-state index in [-0.39, 0.29) is 5.97 Å². The molecule has 0 bridgehead atoms. The lowest BCUT2D eigenvalue weighted by molar-refractivity contribution is 0.0492. The van der Waals surface area contributed by atoms with Gasteiger partial charge in [0.15, 0.2) is 0 Å². The molecule has 2 aromatic rings. The van der Waals surface area contributed by atoms with Gasteiger partial charge in [0.1, 0.15) is 17.9 Å². The zero-order valence-corrected chi connectivity index (χ0v) is 14.6. The Hall–Kier alpha value is -2.29. The number of hydrogen-bond donors (Lipinski definition) is 0.